The summed E-state index contributed by atoms with van der Waals surface area (Å²) >= 11 is 0. The van der Waals surface area contributed by atoms with Gasteiger partial charge in [0.2, 0.25) is 0 Å². The van der Waals surface area contributed by atoms with E-state index < -0.39 is 0 Å². The quantitative estimate of drug-likeness (QED) is 0.754. The molecule has 13 heavy (non-hydrogen) atoms. The zero-order valence-corrected chi connectivity index (χ0v) is 7.40. The van der Waals surface area contributed by atoms with Gasteiger partial charge >= 0.3 is 0 Å². The van der Waals surface area contributed by atoms with Crippen LogP contribution < -0.4 is 0 Å². The molecule has 1 heterocycles. The molecule has 0 aliphatic carbocycles. The van der Waals surface area contributed by atoms with Crippen LogP contribution in [0.2, 0.25) is 0 Å². The fourth-order valence-corrected chi connectivity index (χ4v) is 1.49. The van der Waals surface area contributed by atoms with E-state index in [1.807, 2.05) is 22.8 Å². The maximum absolute atomic E-state index is 8.71. The van der Waals surface area contributed by atoms with E-state index in [0.29, 0.717) is 0 Å². The molecule has 2 aromatic rings. The molecule has 0 aliphatic rings. The molecule has 67 valence electrons. The number of fused-ring (bicyclic) bond motifs is 1. The summed E-state index contributed by atoms with van der Waals surface area (Å²) in [5.74, 6) is 0. The van der Waals surface area contributed by atoms with Crippen LogP contribution in [0.1, 0.15) is 6.42 Å². The van der Waals surface area contributed by atoms with Crippen molar-refractivity contribution in [2.24, 2.45) is 0 Å². The molecule has 0 bridgehead atoms. The number of para-hydroxylation sites is 1. The molecule has 0 aliphatic heterocycles. The first-order chi connectivity index (χ1) is 6.42. The van der Waals surface area contributed by atoms with Crippen LogP contribution in [0.25, 0.3) is 10.9 Å². The molecule has 2 heteroatoms. The van der Waals surface area contributed by atoms with Gasteiger partial charge in [0.15, 0.2) is 0 Å². The lowest BCUT2D eigenvalue weighted by Gasteiger charge is -2.01. The summed E-state index contributed by atoms with van der Waals surface area (Å²) in [6, 6.07) is 10.2. The molecular formula is C11H12NO. The monoisotopic (exact) mass is 174 g/mol. The third-order valence-corrected chi connectivity index (χ3v) is 2.14. The number of hydrogen-bond donors (Lipinski definition) is 1. The highest BCUT2D eigenvalue weighted by molar-refractivity contribution is 5.79. The summed E-state index contributed by atoms with van der Waals surface area (Å²) in [5, 5.41) is 9.92. The van der Waals surface area contributed by atoms with E-state index in [0.717, 1.165) is 13.0 Å². The van der Waals surface area contributed by atoms with E-state index >= 15 is 0 Å². The van der Waals surface area contributed by atoms with E-state index in [1.165, 1.54) is 10.9 Å². The minimum atomic E-state index is 0.236. The van der Waals surface area contributed by atoms with Crippen molar-refractivity contribution in [2.45, 2.75) is 13.0 Å². The fraction of sp³-hybridized carbons (Fsp3) is 0.273. The predicted octanol–water partition coefficient (Wildman–Crippen LogP) is 1.82. The van der Waals surface area contributed by atoms with Gasteiger partial charge in [-0.2, -0.15) is 0 Å². The zero-order chi connectivity index (χ0) is 9.10. The third kappa shape index (κ3) is 1.58. The molecule has 1 aromatic heterocycles. The van der Waals surface area contributed by atoms with Gasteiger partial charge in [0.05, 0.1) is 6.20 Å². The van der Waals surface area contributed by atoms with Gasteiger partial charge in [-0.05, 0) is 18.6 Å². The number of aromatic nitrogens is 1. The second-order valence-electron chi connectivity index (χ2n) is 3.06. The fourth-order valence-electron chi connectivity index (χ4n) is 1.49. The number of hydrogen-bond acceptors (Lipinski definition) is 1. The van der Waals surface area contributed by atoms with E-state index in [9.17, 15) is 0 Å². The second-order valence-corrected chi connectivity index (χ2v) is 3.06. The second kappa shape index (κ2) is 3.62. The average molecular weight is 174 g/mol. The van der Waals surface area contributed by atoms with Gasteiger partial charge in [-0.15, -0.1) is 0 Å². The Kier molecular flexibility index (Phi) is 2.32. The average Bonchev–Trinajstić information content (AvgIpc) is 2.58. The summed E-state index contributed by atoms with van der Waals surface area (Å²) in [4.78, 5) is 0. The van der Waals surface area contributed by atoms with Gasteiger partial charge in [-0.25, -0.2) is 0 Å². The molecular weight excluding hydrogens is 162 g/mol. The van der Waals surface area contributed by atoms with Gasteiger partial charge in [-0.3, -0.25) is 0 Å². The van der Waals surface area contributed by atoms with Crippen molar-refractivity contribution in [3.8, 4) is 0 Å². The molecule has 2 rings (SSSR count). The van der Waals surface area contributed by atoms with Crippen LogP contribution in [-0.2, 0) is 6.54 Å². The van der Waals surface area contributed by atoms with E-state index in [1.54, 1.807) is 0 Å². The van der Waals surface area contributed by atoms with Crippen molar-refractivity contribution in [3.05, 3.63) is 36.5 Å². The minimum absolute atomic E-state index is 0.236. The molecule has 0 unspecified atom stereocenters. The molecule has 0 spiro atoms. The molecule has 0 saturated heterocycles. The molecule has 0 saturated carbocycles. The minimum Gasteiger partial charge on any atom is -0.396 e. The summed E-state index contributed by atoms with van der Waals surface area (Å²) in [6.45, 7) is 1.07. The number of rotatable bonds is 3. The molecule has 0 atom stereocenters. The summed E-state index contributed by atoms with van der Waals surface area (Å²) in [6.07, 6.45) is 3.94. The van der Waals surface area contributed by atoms with Crippen molar-refractivity contribution in [3.63, 3.8) is 0 Å². The molecule has 1 radical (unpaired) electrons. The van der Waals surface area contributed by atoms with Crippen LogP contribution in [0.15, 0.2) is 30.3 Å². The van der Waals surface area contributed by atoms with Crippen molar-refractivity contribution >= 4 is 10.9 Å². The predicted molar refractivity (Wildman–Crippen MR) is 52.5 cm³/mol. The highest BCUT2D eigenvalue weighted by atomic mass is 16.3. The van der Waals surface area contributed by atoms with Gasteiger partial charge in [-0.1, -0.05) is 18.2 Å². The Labute approximate surface area is 77.4 Å². The number of aryl methyl sites for hydroxylation is 1. The van der Waals surface area contributed by atoms with Gasteiger partial charge in [0, 0.05) is 24.1 Å². The van der Waals surface area contributed by atoms with Crippen molar-refractivity contribution in [1.82, 2.24) is 4.57 Å². The van der Waals surface area contributed by atoms with E-state index in [-0.39, 0.29) is 6.61 Å². The topological polar surface area (TPSA) is 25.2 Å². The Morgan fingerprint density at radius 3 is 3.00 bits per heavy atom. The number of aliphatic hydroxyl groups excluding tert-OH is 1. The number of aliphatic hydroxyl groups is 1. The molecule has 1 aromatic carbocycles. The third-order valence-electron chi connectivity index (χ3n) is 2.14. The highest BCUT2D eigenvalue weighted by Gasteiger charge is 1.98. The van der Waals surface area contributed by atoms with E-state index in [4.69, 9.17) is 5.11 Å². The van der Waals surface area contributed by atoms with Crippen molar-refractivity contribution < 1.29 is 5.11 Å². The Hall–Kier alpha value is -1.28. The summed E-state index contributed by atoms with van der Waals surface area (Å²) < 4.78 is 2.05. The van der Waals surface area contributed by atoms with Gasteiger partial charge < -0.3 is 9.67 Å². The van der Waals surface area contributed by atoms with Crippen LogP contribution in [0.5, 0.6) is 0 Å². The smallest absolute Gasteiger partial charge is 0.0659 e. The molecule has 0 amide bonds. The van der Waals surface area contributed by atoms with Crippen LogP contribution in [0.3, 0.4) is 0 Å². The molecule has 2 nitrogen and oxygen atoms in total. The van der Waals surface area contributed by atoms with Gasteiger partial charge in [0.1, 0.15) is 0 Å². The van der Waals surface area contributed by atoms with E-state index in [2.05, 4.69) is 18.3 Å². The maximum atomic E-state index is 8.71. The Bertz CT molecular complexity index is 392. The lowest BCUT2D eigenvalue weighted by molar-refractivity contribution is 0.280. The first-order valence-corrected chi connectivity index (χ1v) is 4.48. The van der Waals surface area contributed by atoms with Crippen LogP contribution in [0, 0.1) is 6.20 Å². The van der Waals surface area contributed by atoms with Crippen LogP contribution in [-0.4, -0.2) is 16.3 Å². The lowest BCUT2D eigenvalue weighted by Crippen LogP contribution is -1.98. The van der Waals surface area contributed by atoms with Crippen molar-refractivity contribution in [2.75, 3.05) is 6.61 Å². The number of benzene rings is 1. The normalized spacial score (nSPS) is 10.8. The Morgan fingerprint density at radius 2 is 2.15 bits per heavy atom. The SMILES string of the molecule is OCCCn1[c]cc2ccccc21. The molecule has 1 N–H and O–H groups in total. The molecule has 0 fully saturated rings. The lowest BCUT2D eigenvalue weighted by atomic mass is 10.2. The van der Waals surface area contributed by atoms with Crippen LogP contribution >= 0.6 is 0 Å². The Balaban J connectivity index is 2.35. The Morgan fingerprint density at radius 1 is 1.31 bits per heavy atom. The van der Waals surface area contributed by atoms with Crippen LogP contribution in [0.4, 0.5) is 0 Å². The number of nitrogens with zero attached hydrogens (tertiary/aromatic N) is 1. The first kappa shape index (κ1) is 8.32. The summed E-state index contributed by atoms with van der Waals surface area (Å²) in [7, 11) is 0. The highest BCUT2D eigenvalue weighted by Crippen LogP contribution is 2.14. The zero-order valence-electron chi connectivity index (χ0n) is 7.40. The first-order valence-electron chi connectivity index (χ1n) is 4.48. The standard InChI is InChI=1S/C11H12NO/c13-9-3-7-12-8-6-10-4-1-2-5-11(10)12/h1-2,4-6,13H,3,7,9H2. The maximum Gasteiger partial charge on any atom is 0.0659 e. The van der Waals surface area contributed by atoms with Gasteiger partial charge in [0.25, 0.3) is 0 Å². The largest absolute Gasteiger partial charge is 0.396 e. The van der Waals surface area contributed by atoms with Crippen molar-refractivity contribution in [1.29, 1.82) is 0 Å². The summed E-state index contributed by atoms with van der Waals surface area (Å²) in [5.41, 5.74) is 1.19.